The number of hydrogen-bond donors (Lipinski definition) is 3. The Morgan fingerprint density at radius 2 is 1.85 bits per heavy atom. The fourth-order valence-electron chi connectivity index (χ4n) is 2.90. The Balaban J connectivity index is 0.00000261. The van der Waals surface area contributed by atoms with Gasteiger partial charge in [-0.15, -0.1) is 12.4 Å². The van der Waals surface area contributed by atoms with Crippen molar-refractivity contribution in [1.82, 2.24) is 10.6 Å². The highest BCUT2D eigenvalue weighted by molar-refractivity contribution is 6.04. The smallest absolute Gasteiger partial charge is 0.255 e. The summed E-state index contributed by atoms with van der Waals surface area (Å²) in [6.07, 6.45) is 0. The Bertz CT molecular complexity index is 788. The fraction of sp³-hybridized carbons (Fsp3) is 0.333. The van der Waals surface area contributed by atoms with Crippen LogP contribution in [-0.4, -0.2) is 24.9 Å². The molecule has 0 spiro atoms. The molecule has 3 N–H and O–H groups in total. The molecular formula is C21H26ClN3O2. The highest BCUT2D eigenvalue weighted by atomic mass is 35.5. The van der Waals surface area contributed by atoms with Gasteiger partial charge in [0.2, 0.25) is 5.91 Å². The third kappa shape index (κ3) is 5.55. The van der Waals surface area contributed by atoms with Gasteiger partial charge in [0.15, 0.2) is 0 Å². The Kier molecular flexibility index (Phi) is 7.39. The summed E-state index contributed by atoms with van der Waals surface area (Å²) < 4.78 is 0. The number of anilines is 1. The zero-order valence-corrected chi connectivity index (χ0v) is 16.4. The van der Waals surface area contributed by atoms with Crippen LogP contribution >= 0.6 is 12.4 Å². The second-order valence-corrected chi connectivity index (χ2v) is 6.95. The molecule has 27 heavy (non-hydrogen) atoms. The van der Waals surface area contributed by atoms with E-state index in [-0.39, 0.29) is 30.1 Å². The maximum absolute atomic E-state index is 12.3. The Hall–Kier alpha value is -2.37. The van der Waals surface area contributed by atoms with Gasteiger partial charge in [-0.1, -0.05) is 36.8 Å². The van der Waals surface area contributed by atoms with E-state index < -0.39 is 0 Å². The van der Waals surface area contributed by atoms with Crippen LogP contribution in [0.3, 0.4) is 0 Å². The quantitative estimate of drug-likeness (QED) is 0.713. The first-order valence-corrected chi connectivity index (χ1v) is 8.98. The molecular weight excluding hydrogens is 362 g/mol. The van der Waals surface area contributed by atoms with E-state index in [9.17, 15) is 9.59 Å². The van der Waals surface area contributed by atoms with Gasteiger partial charge in [-0.2, -0.15) is 0 Å². The lowest BCUT2D eigenvalue weighted by atomic mass is 9.88. The van der Waals surface area contributed by atoms with Crippen molar-refractivity contribution in [1.29, 1.82) is 0 Å². The average Bonchev–Trinajstić information content (AvgIpc) is 2.59. The van der Waals surface area contributed by atoms with Crippen LogP contribution in [0.4, 0.5) is 5.69 Å². The summed E-state index contributed by atoms with van der Waals surface area (Å²) in [6, 6.07) is 15.0. The summed E-state index contributed by atoms with van der Waals surface area (Å²) in [5.74, 6) is 0.374. The molecule has 144 valence electrons. The van der Waals surface area contributed by atoms with Crippen LogP contribution in [0.5, 0.6) is 0 Å². The topological polar surface area (TPSA) is 70.2 Å². The molecule has 5 nitrogen and oxygen atoms in total. The van der Waals surface area contributed by atoms with E-state index in [0.717, 1.165) is 29.9 Å². The first kappa shape index (κ1) is 20.9. The molecule has 1 atom stereocenters. The lowest BCUT2D eigenvalue weighted by Gasteiger charge is -2.31. The molecule has 6 heteroatoms. The molecule has 2 aromatic rings. The van der Waals surface area contributed by atoms with Gasteiger partial charge in [0.1, 0.15) is 0 Å². The van der Waals surface area contributed by atoms with Gasteiger partial charge in [0, 0.05) is 23.7 Å². The molecule has 0 aliphatic carbocycles. The molecule has 1 unspecified atom stereocenters. The monoisotopic (exact) mass is 387 g/mol. The molecule has 0 saturated carbocycles. The number of benzene rings is 2. The van der Waals surface area contributed by atoms with Crippen molar-refractivity contribution in [3.05, 3.63) is 65.2 Å². The minimum atomic E-state index is -0.141. The third-order valence-corrected chi connectivity index (χ3v) is 4.90. The number of amides is 2. The summed E-state index contributed by atoms with van der Waals surface area (Å²) in [6.45, 7) is 6.24. The largest absolute Gasteiger partial charge is 0.352 e. The number of halogens is 1. The van der Waals surface area contributed by atoms with Crippen molar-refractivity contribution >= 4 is 29.9 Å². The molecule has 1 aliphatic heterocycles. The van der Waals surface area contributed by atoms with Crippen molar-refractivity contribution in [2.24, 2.45) is 11.8 Å². The number of nitrogens with one attached hydrogen (secondary N) is 3. The van der Waals surface area contributed by atoms with Crippen LogP contribution in [0.1, 0.15) is 28.4 Å². The van der Waals surface area contributed by atoms with Crippen molar-refractivity contribution in [3.63, 3.8) is 0 Å². The predicted molar refractivity (Wildman–Crippen MR) is 110 cm³/mol. The Morgan fingerprint density at radius 3 is 2.48 bits per heavy atom. The lowest BCUT2D eigenvalue weighted by Crippen LogP contribution is -2.49. The normalized spacial score (nSPS) is 14.4. The van der Waals surface area contributed by atoms with Crippen molar-refractivity contribution < 1.29 is 9.59 Å². The van der Waals surface area contributed by atoms with Crippen LogP contribution in [0.25, 0.3) is 0 Å². The molecule has 1 fully saturated rings. The molecule has 1 heterocycles. The summed E-state index contributed by atoms with van der Waals surface area (Å²) >= 11 is 0. The number of carbonyl (C=O) groups is 2. The molecule has 3 rings (SSSR count). The Morgan fingerprint density at radius 1 is 1.15 bits per heavy atom. The van der Waals surface area contributed by atoms with Gasteiger partial charge in [0.25, 0.3) is 5.91 Å². The van der Waals surface area contributed by atoms with Crippen molar-refractivity contribution in [2.45, 2.75) is 20.4 Å². The van der Waals surface area contributed by atoms with Crippen LogP contribution in [0.15, 0.2) is 48.5 Å². The van der Waals surface area contributed by atoms with Gasteiger partial charge in [0.05, 0.1) is 0 Å². The van der Waals surface area contributed by atoms with Gasteiger partial charge >= 0.3 is 0 Å². The predicted octanol–water partition coefficient (Wildman–Crippen LogP) is 3.14. The number of rotatable bonds is 6. The van der Waals surface area contributed by atoms with Crippen molar-refractivity contribution in [3.8, 4) is 0 Å². The maximum Gasteiger partial charge on any atom is 0.255 e. The molecule has 1 aliphatic rings. The fourth-order valence-corrected chi connectivity index (χ4v) is 2.90. The van der Waals surface area contributed by atoms with Crippen LogP contribution in [-0.2, 0) is 11.3 Å². The van der Waals surface area contributed by atoms with Gasteiger partial charge in [-0.25, -0.2) is 0 Å². The SMILES string of the molecule is Cc1ccc(C(=O)Nc2cccc(CNC(=O)C(C)C3CNC3)c2)cc1.Cl. The molecule has 0 radical (unpaired) electrons. The number of aryl methyl sites for hydroxylation is 1. The van der Waals surface area contributed by atoms with E-state index in [4.69, 9.17) is 0 Å². The van der Waals surface area contributed by atoms with Gasteiger partial charge in [-0.05, 0) is 55.8 Å². The number of hydrogen-bond acceptors (Lipinski definition) is 3. The first-order chi connectivity index (χ1) is 12.5. The minimum absolute atomic E-state index is 0. The summed E-state index contributed by atoms with van der Waals surface area (Å²) in [5.41, 5.74) is 3.42. The molecule has 1 saturated heterocycles. The van der Waals surface area contributed by atoms with E-state index in [2.05, 4.69) is 16.0 Å². The van der Waals surface area contributed by atoms with Crippen LogP contribution in [0.2, 0.25) is 0 Å². The summed E-state index contributed by atoms with van der Waals surface area (Å²) in [5, 5.41) is 9.08. The molecule has 0 aromatic heterocycles. The van der Waals surface area contributed by atoms with Crippen molar-refractivity contribution in [2.75, 3.05) is 18.4 Å². The van der Waals surface area contributed by atoms with Crippen LogP contribution in [0, 0.1) is 18.8 Å². The average molecular weight is 388 g/mol. The minimum Gasteiger partial charge on any atom is -0.352 e. The molecule has 2 amide bonds. The van der Waals surface area contributed by atoms with E-state index in [0.29, 0.717) is 18.0 Å². The van der Waals surface area contributed by atoms with Gasteiger partial charge < -0.3 is 16.0 Å². The standard InChI is InChI=1S/C21H25N3O2.ClH/c1-14-6-8-17(9-7-14)21(26)24-19-5-3-4-16(10-19)11-23-20(25)15(2)18-12-22-13-18;/h3-10,15,18,22H,11-13H2,1-2H3,(H,23,25)(H,24,26);1H. The zero-order valence-electron chi connectivity index (χ0n) is 15.6. The van der Waals surface area contributed by atoms with Gasteiger partial charge in [-0.3, -0.25) is 9.59 Å². The number of carbonyl (C=O) groups excluding carboxylic acids is 2. The highest BCUT2D eigenvalue weighted by Crippen LogP contribution is 2.17. The lowest BCUT2D eigenvalue weighted by molar-refractivity contribution is -0.126. The third-order valence-electron chi connectivity index (χ3n) is 4.90. The van der Waals surface area contributed by atoms with E-state index in [1.165, 1.54) is 0 Å². The summed E-state index contributed by atoms with van der Waals surface area (Å²) in [7, 11) is 0. The second-order valence-electron chi connectivity index (χ2n) is 6.95. The van der Waals surface area contributed by atoms with E-state index in [1.54, 1.807) is 0 Å². The second kappa shape index (κ2) is 9.53. The maximum atomic E-state index is 12.3. The Labute approximate surface area is 166 Å². The first-order valence-electron chi connectivity index (χ1n) is 8.98. The molecule has 2 aromatic carbocycles. The molecule has 0 bridgehead atoms. The summed E-state index contributed by atoms with van der Waals surface area (Å²) in [4.78, 5) is 24.5. The highest BCUT2D eigenvalue weighted by Gasteiger charge is 2.28. The van der Waals surface area contributed by atoms with Crippen LogP contribution < -0.4 is 16.0 Å². The van der Waals surface area contributed by atoms with E-state index in [1.807, 2.05) is 62.4 Å². The zero-order chi connectivity index (χ0) is 18.5. The van der Waals surface area contributed by atoms with E-state index >= 15 is 0 Å².